The highest BCUT2D eigenvalue weighted by Crippen LogP contribution is 2.18. The van der Waals surface area contributed by atoms with Crippen molar-refractivity contribution in [3.05, 3.63) is 36.5 Å². The van der Waals surface area contributed by atoms with E-state index in [1.54, 1.807) is 0 Å². The highest BCUT2D eigenvalue weighted by atomic mass is 16.5. The van der Waals surface area contributed by atoms with Gasteiger partial charge in [-0.15, -0.1) is 0 Å². The van der Waals surface area contributed by atoms with Crippen LogP contribution in [0.2, 0.25) is 0 Å². The van der Waals surface area contributed by atoms with Gasteiger partial charge in [0.05, 0.1) is 25.4 Å². The second-order valence-corrected chi connectivity index (χ2v) is 22.8. The molecular formula is C68H129NO5. The predicted octanol–water partition coefficient (Wildman–Crippen LogP) is 21.1. The van der Waals surface area contributed by atoms with E-state index in [1.807, 2.05) is 0 Å². The molecule has 0 aliphatic rings. The second-order valence-electron chi connectivity index (χ2n) is 22.8. The van der Waals surface area contributed by atoms with Gasteiger partial charge in [-0.25, -0.2) is 0 Å². The lowest BCUT2D eigenvalue weighted by Gasteiger charge is -2.22. The molecule has 0 fully saturated rings. The van der Waals surface area contributed by atoms with Crippen molar-refractivity contribution >= 4 is 11.9 Å². The summed E-state index contributed by atoms with van der Waals surface area (Å²) >= 11 is 0. The number of aliphatic hydroxyl groups is 2. The molecule has 0 aromatic heterocycles. The highest BCUT2D eigenvalue weighted by molar-refractivity contribution is 5.76. The van der Waals surface area contributed by atoms with Crippen LogP contribution in [0.1, 0.15) is 361 Å². The van der Waals surface area contributed by atoms with Crippen LogP contribution in [-0.2, 0) is 14.3 Å². The standard InChI is InChI=1S/C68H129NO5/c1-3-5-7-9-11-13-15-17-33-38-42-46-50-54-58-62-68(73)74-63-59-55-51-47-43-39-35-32-30-28-26-24-22-20-18-19-21-23-25-27-29-31-34-37-41-45-49-53-57-61-67(72)69-65(64-70)66(71)60-56-52-48-44-40-36-16-14-12-10-8-6-4-2/h11,13,17-18,20,33,65-66,70-71H,3-10,12,14-16,19,21-32,34-64H2,1-2H3,(H,69,72)/b13-11-,20-18-,33-17-. The Bertz CT molecular complexity index is 1200. The van der Waals surface area contributed by atoms with Gasteiger partial charge in [-0.1, -0.05) is 301 Å². The summed E-state index contributed by atoms with van der Waals surface area (Å²) in [5, 5.41) is 23.3. The number of hydrogen-bond acceptors (Lipinski definition) is 5. The first-order chi connectivity index (χ1) is 36.5. The summed E-state index contributed by atoms with van der Waals surface area (Å²) in [6.45, 7) is 4.94. The van der Waals surface area contributed by atoms with Gasteiger partial charge in [-0.2, -0.15) is 0 Å². The number of nitrogens with one attached hydrogen (secondary N) is 1. The molecule has 0 heterocycles. The maximum absolute atomic E-state index is 12.5. The van der Waals surface area contributed by atoms with Crippen LogP contribution in [0, 0.1) is 0 Å². The summed E-state index contributed by atoms with van der Waals surface area (Å²) in [6, 6.07) is -0.540. The maximum atomic E-state index is 12.5. The average molecular weight is 1040 g/mol. The van der Waals surface area contributed by atoms with Gasteiger partial charge in [-0.3, -0.25) is 9.59 Å². The van der Waals surface area contributed by atoms with Crippen LogP contribution in [0.4, 0.5) is 0 Å². The van der Waals surface area contributed by atoms with Gasteiger partial charge in [0.2, 0.25) is 5.91 Å². The summed E-state index contributed by atoms with van der Waals surface area (Å²) < 4.78 is 5.48. The van der Waals surface area contributed by atoms with Crippen molar-refractivity contribution < 1.29 is 24.5 Å². The highest BCUT2D eigenvalue weighted by Gasteiger charge is 2.20. The molecule has 0 aliphatic heterocycles. The molecule has 0 aromatic rings. The molecule has 0 bridgehead atoms. The lowest BCUT2D eigenvalue weighted by molar-refractivity contribution is -0.143. The van der Waals surface area contributed by atoms with E-state index in [-0.39, 0.29) is 18.5 Å². The fraction of sp³-hybridized carbons (Fsp3) is 0.882. The van der Waals surface area contributed by atoms with Crippen molar-refractivity contribution in [2.24, 2.45) is 0 Å². The third kappa shape index (κ3) is 59.3. The molecular weight excluding hydrogens is 911 g/mol. The Balaban J connectivity index is 3.36. The average Bonchev–Trinajstić information content (AvgIpc) is 3.40. The molecule has 74 heavy (non-hydrogen) atoms. The van der Waals surface area contributed by atoms with Crippen LogP contribution < -0.4 is 5.32 Å². The summed E-state index contributed by atoms with van der Waals surface area (Å²) in [6.07, 6.45) is 80.3. The Kier molecular flexibility index (Phi) is 62.0. The van der Waals surface area contributed by atoms with Crippen molar-refractivity contribution in [2.45, 2.75) is 373 Å². The van der Waals surface area contributed by atoms with E-state index >= 15 is 0 Å². The first kappa shape index (κ1) is 72.1. The maximum Gasteiger partial charge on any atom is 0.305 e. The van der Waals surface area contributed by atoms with Gasteiger partial charge in [0, 0.05) is 12.8 Å². The number of unbranched alkanes of at least 4 members (excludes halogenated alkanes) is 45. The largest absolute Gasteiger partial charge is 0.466 e. The normalized spacial score (nSPS) is 12.8. The van der Waals surface area contributed by atoms with Crippen molar-refractivity contribution in [2.75, 3.05) is 13.2 Å². The molecule has 6 nitrogen and oxygen atoms in total. The van der Waals surface area contributed by atoms with E-state index in [9.17, 15) is 19.8 Å². The Labute approximate surface area is 462 Å². The van der Waals surface area contributed by atoms with Crippen LogP contribution in [0.3, 0.4) is 0 Å². The van der Waals surface area contributed by atoms with Gasteiger partial charge in [0.1, 0.15) is 0 Å². The number of hydrogen-bond donors (Lipinski definition) is 3. The zero-order valence-corrected chi connectivity index (χ0v) is 49.8. The van der Waals surface area contributed by atoms with Gasteiger partial charge in [0.25, 0.3) is 0 Å². The van der Waals surface area contributed by atoms with Crippen LogP contribution in [0.25, 0.3) is 0 Å². The minimum Gasteiger partial charge on any atom is -0.466 e. The molecule has 2 unspecified atom stereocenters. The smallest absolute Gasteiger partial charge is 0.305 e. The molecule has 436 valence electrons. The monoisotopic (exact) mass is 1040 g/mol. The first-order valence-electron chi connectivity index (χ1n) is 33.2. The van der Waals surface area contributed by atoms with Gasteiger partial charge in [0.15, 0.2) is 0 Å². The van der Waals surface area contributed by atoms with Gasteiger partial charge >= 0.3 is 5.97 Å². The number of amides is 1. The molecule has 6 heteroatoms. The summed E-state index contributed by atoms with van der Waals surface area (Å²) in [7, 11) is 0. The van der Waals surface area contributed by atoms with Gasteiger partial charge < -0.3 is 20.3 Å². The third-order valence-electron chi connectivity index (χ3n) is 15.4. The Morgan fingerprint density at radius 1 is 0.378 bits per heavy atom. The molecule has 3 N–H and O–H groups in total. The number of carbonyl (C=O) groups is 2. The molecule has 1 amide bonds. The lowest BCUT2D eigenvalue weighted by Crippen LogP contribution is -2.45. The summed E-state index contributed by atoms with van der Waals surface area (Å²) in [5.74, 6) is -0.0304. The van der Waals surface area contributed by atoms with Crippen LogP contribution in [-0.4, -0.2) is 47.4 Å². The topological polar surface area (TPSA) is 95.9 Å². The molecule has 0 spiro atoms. The van der Waals surface area contributed by atoms with E-state index in [0.29, 0.717) is 25.9 Å². The molecule has 2 atom stereocenters. The number of esters is 1. The summed E-state index contributed by atoms with van der Waals surface area (Å²) in [4.78, 5) is 24.5. The summed E-state index contributed by atoms with van der Waals surface area (Å²) in [5.41, 5.74) is 0. The first-order valence-corrected chi connectivity index (χ1v) is 33.2. The lowest BCUT2D eigenvalue weighted by atomic mass is 10.0. The van der Waals surface area contributed by atoms with Crippen molar-refractivity contribution in [3.63, 3.8) is 0 Å². The molecule has 0 saturated carbocycles. The fourth-order valence-electron chi connectivity index (χ4n) is 10.3. The number of allylic oxidation sites excluding steroid dienone is 6. The van der Waals surface area contributed by atoms with E-state index in [0.717, 1.165) is 51.4 Å². The Morgan fingerprint density at radius 3 is 1.07 bits per heavy atom. The van der Waals surface area contributed by atoms with E-state index in [2.05, 4.69) is 55.6 Å². The quantitative estimate of drug-likeness (QED) is 0.0320. The van der Waals surface area contributed by atoms with Gasteiger partial charge in [-0.05, 0) is 83.5 Å². The minimum atomic E-state index is -0.663. The van der Waals surface area contributed by atoms with Crippen LogP contribution in [0.15, 0.2) is 36.5 Å². The van der Waals surface area contributed by atoms with E-state index in [4.69, 9.17) is 4.74 Å². The molecule has 0 rings (SSSR count). The van der Waals surface area contributed by atoms with Crippen LogP contribution >= 0.6 is 0 Å². The zero-order chi connectivity index (χ0) is 53.6. The number of rotatable bonds is 62. The zero-order valence-electron chi connectivity index (χ0n) is 49.8. The molecule has 0 radical (unpaired) electrons. The number of carbonyl (C=O) groups excluding carboxylic acids is 2. The van der Waals surface area contributed by atoms with E-state index in [1.165, 1.54) is 276 Å². The molecule has 0 saturated heterocycles. The Morgan fingerprint density at radius 2 is 0.676 bits per heavy atom. The minimum absolute atomic E-state index is 0.00258. The van der Waals surface area contributed by atoms with E-state index < -0.39 is 12.1 Å². The number of ether oxygens (including phenoxy) is 1. The number of aliphatic hydroxyl groups excluding tert-OH is 2. The molecule has 0 aliphatic carbocycles. The third-order valence-corrected chi connectivity index (χ3v) is 15.4. The predicted molar refractivity (Wildman–Crippen MR) is 324 cm³/mol. The van der Waals surface area contributed by atoms with Crippen molar-refractivity contribution in [3.8, 4) is 0 Å². The SMILES string of the molecule is CCCCC/C=C\C/C=C\CCCCCCCC(=O)OCCCCCCCCCCCCCC/C=C\CCCCCCCCCCCCCCCC(=O)NC(CO)C(O)CCCCCCCCCCCCCCC. The molecule has 0 aromatic carbocycles. The van der Waals surface area contributed by atoms with Crippen LogP contribution in [0.5, 0.6) is 0 Å². The van der Waals surface area contributed by atoms with Crippen molar-refractivity contribution in [1.82, 2.24) is 5.32 Å². The fourth-order valence-corrected chi connectivity index (χ4v) is 10.3. The Hall–Kier alpha value is -1.92. The second kappa shape index (κ2) is 63.6. The van der Waals surface area contributed by atoms with Crippen molar-refractivity contribution in [1.29, 1.82) is 0 Å².